The van der Waals surface area contributed by atoms with Crippen molar-refractivity contribution in [2.24, 2.45) is 5.73 Å². The maximum atomic E-state index is 6.30. The van der Waals surface area contributed by atoms with Gasteiger partial charge in [-0.2, -0.15) is 0 Å². The third-order valence-electron chi connectivity index (χ3n) is 4.08. The molecule has 0 bridgehead atoms. The minimum absolute atomic E-state index is 0.271. The van der Waals surface area contributed by atoms with Gasteiger partial charge in [0.2, 0.25) is 0 Å². The van der Waals surface area contributed by atoms with Crippen LogP contribution < -0.4 is 5.73 Å². The number of nitrogens with zero attached hydrogens (tertiary/aromatic N) is 1. The van der Waals surface area contributed by atoms with Gasteiger partial charge in [0, 0.05) is 24.2 Å². The highest BCUT2D eigenvalue weighted by atomic mass is 35.5. The average Bonchev–Trinajstić information content (AvgIpc) is 2.49. The van der Waals surface area contributed by atoms with Crippen LogP contribution in [0.5, 0.6) is 0 Å². The van der Waals surface area contributed by atoms with Crippen LogP contribution in [-0.2, 0) is 13.1 Å². The van der Waals surface area contributed by atoms with E-state index in [1.165, 1.54) is 16.7 Å². The summed E-state index contributed by atoms with van der Waals surface area (Å²) in [6.45, 7) is 5.81. The van der Waals surface area contributed by atoms with Crippen molar-refractivity contribution >= 4 is 11.6 Å². The molecular weight excluding hydrogens is 280 g/mol. The number of benzene rings is 2. The van der Waals surface area contributed by atoms with Crippen molar-refractivity contribution in [1.82, 2.24) is 4.90 Å². The van der Waals surface area contributed by atoms with Gasteiger partial charge in [0.1, 0.15) is 0 Å². The molecule has 0 heterocycles. The predicted molar refractivity (Wildman–Crippen MR) is 90.4 cm³/mol. The molecule has 0 radical (unpaired) electrons. The van der Waals surface area contributed by atoms with Crippen molar-refractivity contribution in [3.8, 4) is 0 Å². The molecule has 21 heavy (non-hydrogen) atoms. The molecule has 2 N–H and O–H groups in total. The predicted octanol–water partition coefficient (Wildman–Crippen LogP) is 4.30. The van der Waals surface area contributed by atoms with E-state index in [9.17, 15) is 0 Å². The van der Waals surface area contributed by atoms with Gasteiger partial charge in [-0.05, 0) is 49.2 Å². The first-order valence-electron chi connectivity index (χ1n) is 7.26. The smallest absolute Gasteiger partial charge is 0.0453 e. The lowest BCUT2D eigenvalue weighted by Crippen LogP contribution is -2.22. The lowest BCUT2D eigenvalue weighted by atomic mass is 10.0. The molecule has 0 aliphatic carbocycles. The number of halogens is 1. The Labute approximate surface area is 132 Å². The Morgan fingerprint density at radius 1 is 1.19 bits per heavy atom. The Bertz CT molecular complexity index is 610. The minimum Gasteiger partial charge on any atom is -0.326 e. The van der Waals surface area contributed by atoms with E-state index in [1.54, 1.807) is 0 Å². The van der Waals surface area contributed by atoms with Gasteiger partial charge in [-0.25, -0.2) is 0 Å². The fourth-order valence-corrected chi connectivity index (χ4v) is 2.81. The van der Waals surface area contributed by atoms with Crippen LogP contribution >= 0.6 is 11.6 Å². The molecule has 0 aliphatic rings. The largest absolute Gasteiger partial charge is 0.326 e. The van der Waals surface area contributed by atoms with E-state index in [0.717, 1.165) is 17.1 Å². The average molecular weight is 303 g/mol. The number of aryl methyl sites for hydroxylation is 1. The summed E-state index contributed by atoms with van der Waals surface area (Å²) in [7, 11) is 2.13. The molecule has 2 aromatic rings. The van der Waals surface area contributed by atoms with Crippen LogP contribution in [0.1, 0.15) is 35.2 Å². The van der Waals surface area contributed by atoms with E-state index in [2.05, 4.69) is 50.1 Å². The van der Waals surface area contributed by atoms with Gasteiger partial charge in [-0.1, -0.05) is 48.0 Å². The molecule has 3 heteroatoms. The Morgan fingerprint density at radius 2 is 1.90 bits per heavy atom. The van der Waals surface area contributed by atoms with Crippen molar-refractivity contribution < 1.29 is 0 Å². The molecule has 2 rings (SSSR count). The fourth-order valence-electron chi connectivity index (χ4n) is 2.52. The Hall–Kier alpha value is -1.35. The van der Waals surface area contributed by atoms with Crippen molar-refractivity contribution in [3.05, 3.63) is 69.7 Å². The molecule has 2 nitrogen and oxygen atoms in total. The standard InChI is InChI=1S/C18H23ClN2/c1-13-10-15(11-20)8-9-16(13)12-21(3)14(2)17-6-4-5-7-18(17)19/h4-10,14H,11-12,20H2,1-3H3. The summed E-state index contributed by atoms with van der Waals surface area (Å²) in [5, 5.41) is 0.826. The summed E-state index contributed by atoms with van der Waals surface area (Å²) < 4.78 is 0. The molecule has 0 spiro atoms. The highest BCUT2D eigenvalue weighted by molar-refractivity contribution is 6.31. The van der Waals surface area contributed by atoms with E-state index >= 15 is 0 Å². The number of nitrogens with two attached hydrogens (primary N) is 1. The highest BCUT2D eigenvalue weighted by Crippen LogP contribution is 2.27. The van der Waals surface area contributed by atoms with Gasteiger partial charge >= 0.3 is 0 Å². The first kappa shape index (κ1) is 16.0. The quantitative estimate of drug-likeness (QED) is 0.892. The molecule has 112 valence electrons. The van der Waals surface area contributed by atoms with Crippen LogP contribution in [0.4, 0.5) is 0 Å². The summed E-state index contributed by atoms with van der Waals surface area (Å²) >= 11 is 6.30. The topological polar surface area (TPSA) is 29.3 Å². The first-order valence-corrected chi connectivity index (χ1v) is 7.64. The third kappa shape index (κ3) is 3.85. The van der Waals surface area contributed by atoms with Crippen LogP contribution in [0, 0.1) is 6.92 Å². The second kappa shape index (κ2) is 7.08. The number of hydrogen-bond acceptors (Lipinski definition) is 2. The lowest BCUT2D eigenvalue weighted by Gasteiger charge is -2.26. The monoisotopic (exact) mass is 302 g/mol. The number of rotatable bonds is 5. The van der Waals surface area contributed by atoms with Crippen LogP contribution in [0.2, 0.25) is 5.02 Å². The highest BCUT2D eigenvalue weighted by Gasteiger charge is 2.15. The summed E-state index contributed by atoms with van der Waals surface area (Å²) in [4.78, 5) is 2.31. The number of hydrogen-bond donors (Lipinski definition) is 1. The van der Waals surface area contributed by atoms with Gasteiger partial charge < -0.3 is 5.73 Å². The van der Waals surface area contributed by atoms with Crippen LogP contribution in [0.25, 0.3) is 0 Å². The zero-order chi connectivity index (χ0) is 15.4. The molecule has 0 amide bonds. The summed E-state index contributed by atoms with van der Waals surface area (Å²) in [6, 6.07) is 14.8. The van der Waals surface area contributed by atoms with Crippen molar-refractivity contribution in [2.45, 2.75) is 33.0 Å². The van der Waals surface area contributed by atoms with Gasteiger partial charge in [-0.3, -0.25) is 4.90 Å². The second-order valence-electron chi connectivity index (χ2n) is 5.58. The Morgan fingerprint density at radius 3 is 2.52 bits per heavy atom. The molecule has 2 aromatic carbocycles. The van der Waals surface area contributed by atoms with E-state index in [4.69, 9.17) is 17.3 Å². The second-order valence-corrected chi connectivity index (χ2v) is 5.98. The summed E-state index contributed by atoms with van der Waals surface area (Å²) in [6.07, 6.45) is 0. The molecular formula is C18H23ClN2. The van der Waals surface area contributed by atoms with Crippen molar-refractivity contribution in [1.29, 1.82) is 0 Å². The van der Waals surface area contributed by atoms with Crippen LogP contribution in [-0.4, -0.2) is 11.9 Å². The third-order valence-corrected chi connectivity index (χ3v) is 4.42. The normalized spacial score (nSPS) is 12.7. The van der Waals surface area contributed by atoms with E-state index < -0.39 is 0 Å². The zero-order valence-corrected chi connectivity index (χ0v) is 13.7. The molecule has 0 saturated heterocycles. The van der Waals surface area contributed by atoms with Gasteiger partial charge in [0.05, 0.1) is 0 Å². The van der Waals surface area contributed by atoms with Crippen molar-refractivity contribution in [3.63, 3.8) is 0 Å². The van der Waals surface area contributed by atoms with Gasteiger partial charge in [0.15, 0.2) is 0 Å². The van der Waals surface area contributed by atoms with E-state index in [1.807, 2.05) is 18.2 Å². The minimum atomic E-state index is 0.271. The van der Waals surface area contributed by atoms with Gasteiger partial charge in [-0.15, -0.1) is 0 Å². The molecule has 0 aliphatic heterocycles. The van der Waals surface area contributed by atoms with Crippen LogP contribution in [0.3, 0.4) is 0 Å². The molecule has 1 unspecified atom stereocenters. The first-order chi connectivity index (χ1) is 10.0. The van der Waals surface area contributed by atoms with Gasteiger partial charge in [0.25, 0.3) is 0 Å². The van der Waals surface area contributed by atoms with Crippen LogP contribution in [0.15, 0.2) is 42.5 Å². The molecule has 0 aromatic heterocycles. The SMILES string of the molecule is Cc1cc(CN)ccc1CN(C)C(C)c1ccccc1Cl. The molecule has 0 fully saturated rings. The molecule has 0 saturated carbocycles. The van der Waals surface area contributed by atoms with E-state index in [-0.39, 0.29) is 6.04 Å². The molecule has 1 atom stereocenters. The fraction of sp³-hybridized carbons (Fsp3) is 0.333. The maximum absolute atomic E-state index is 6.30. The summed E-state index contributed by atoms with van der Waals surface area (Å²) in [5.74, 6) is 0. The van der Waals surface area contributed by atoms with Crippen molar-refractivity contribution in [2.75, 3.05) is 7.05 Å². The Kier molecular flexibility index (Phi) is 5.40. The lowest BCUT2D eigenvalue weighted by molar-refractivity contribution is 0.252. The Balaban J connectivity index is 2.14. The summed E-state index contributed by atoms with van der Waals surface area (Å²) in [5.41, 5.74) is 10.6. The zero-order valence-electron chi connectivity index (χ0n) is 12.9. The maximum Gasteiger partial charge on any atom is 0.0453 e. The van der Waals surface area contributed by atoms with E-state index in [0.29, 0.717) is 6.54 Å².